The van der Waals surface area contributed by atoms with E-state index in [0.717, 1.165) is 28.5 Å². The Balaban J connectivity index is 1.81. The van der Waals surface area contributed by atoms with Crippen LogP contribution in [-0.4, -0.2) is 22.4 Å². The molecule has 5 heteroatoms. The molecular weight excluding hydrogens is 278 g/mol. The van der Waals surface area contributed by atoms with Gasteiger partial charge in [-0.05, 0) is 25.8 Å². The van der Waals surface area contributed by atoms with Gasteiger partial charge in [0.1, 0.15) is 17.0 Å². The van der Waals surface area contributed by atoms with Crippen LogP contribution >= 0.6 is 22.9 Å². The number of aryl methyl sites for hydroxylation is 1. The molecule has 1 fully saturated rings. The van der Waals surface area contributed by atoms with Gasteiger partial charge >= 0.3 is 0 Å². The van der Waals surface area contributed by atoms with E-state index in [1.165, 1.54) is 30.6 Å². The molecule has 1 N–H and O–H groups in total. The number of thiophene rings is 1. The first kappa shape index (κ1) is 13.1. The van der Waals surface area contributed by atoms with Crippen molar-refractivity contribution in [1.82, 2.24) is 9.97 Å². The van der Waals surface area contributed by atoms with Crippen LogP contribution in [0.15, 0.2) is 12.4 Å². The fraction of sp³-hybridized carbons (Fsp3) is 0.571. The largest absolute Gasteiger partial charge is 0.369 e. The molecule has 102 valence electrons. The van der Waals surface area contributed by atoms with Crippen LogP contribution in [0.4, 0.5) is 5.82 Å². The second-order valence-electron chi connectivity index (χ2n) is 5.49. The van der Waals surface area contributed by atoms with Crippen molar-refractivity contribution in [2.24, 2.45) is 5.41 Å². The van der Waals surface area contributed by atoms with Gasteiger partial charge in [-0.1, -0.05) is 12.8 Å². The second kappa shape index (κ2) is 5.25. The molecular formula is C14H18ClN3S. The summed E-state index contributed by atoms with van der Waals surface area (Å²) in [6, 6.07) is 2.16. The molecule has 19 heavy (non-hydrogen) atoms. The Hall–Kier alpha value is -0.870. The molecule has 2 aromatic heterocycles. The molecule has 3 nitrogen and oxygen atoms in total. The smallest absolute Gasteiger partial charge is 0.138 e. The summed E-state index contributed by atoms with van der Waals surface area (Å²) in [4.78, 5) is 11.0. The fourth-order valence-corrected chi connectivity index (χ4v) is 4.08. The van der Waals surface area contributed by atoms with Gasteiger partial charge in [0.15, 0.2) is 0 Å². The van der Waals surface area contributed by atoms with Gasteiger partial charge in [-0.2, -0.15) is 0 Å². The van der Waals surface area contributed by atoms with Crippen LogP contribution in [0.1, 0.15) is 30.6 Å². The lowest BCUT2D eigenvalue weighted by molar-refractivity contribution is 0.368. The van der Waals surface area contributed by atoms with E-state index in [1.807, 2.05) is 0 Å². The first-order valence-corrected chi connectivity index (χ1v) is 8.09. The molecule has 0 radical (unpaired) electrons. The van der Waals surface area contributed by atoms with E-state index in [9.17, 15) is 0 Å². The number of hydrogen-bond acceptors (Lipinski definition) is 4. The predicted octanol–water partition coefficient (Wildman–Crippen LogP) is 4.21. The van der Waals surface area contributed by atoms with Gasteiger partial charge in [-0.25, -0.2) is 9.97 Å². The maximum atomic E-state index is 6.18. The van der Waals surface area contributed by atoms with Crippen molar-refractivity contribution in [2.75, 3.05) is 17.7 Å². The number of nitrogens with zero attached hydrogens (tertiary/aromatic N) is 2. The average molecular weight is 296 g/mol. The zero-order chi connectivity index (χ0) is 13.3. The Bertz CT molecular complexity index is 575. The standard InChI is InChI=1S/C14H18ClN3S/c1-10-6-11-12(17-9-18-13(11)19-10)16-8-14(7-15)4-2-3-5-14/h6,9H,2-5,7-8H2,1H3,(H,16,17,18). The number of nitrogens with one attached hydrogen (secondary N) is 1. The molecule has 1 aliphatic carbocycles. The van der Waals surface area contributed by atoms with Crippen LogP contribution in [0.2, 0.25) is 0 Å². The third kappa shape index (κ3) is 2.56. The summed E-state index contributed by atoms with van der Waals surface area (Å²) in [5.74, 6) is 1.68. The van der Waals surface area contributed by atoms with Crippen molar-refractivity contribution in [1.29, 1.82) is 0 Å². The van der Waals surface area contributed by atoms with E-state index in [1.54, 1.807) is 17.7 Å². The Morgan fingerprint density at radius 3 is 2.89 bits per heavy atom. The zero-order valence-electron chi connectivity index (χ0n) is 11.1. The van der Waals surface area contributed by atoms with Crippen LogP contribution in [0.5, 0.6) is 0 Å². The molecule has 2 aromatic rings. The highest BCUT2D eigenvalue weighted by atomic mass is 35.5. The lowest BCUT2D eigenvalue weighted by atomic mass is 9.88. The van der Waals surface area contributed by atoms with Crippen LogP contribution in [-0.2, 0) is 0 Å². The lowest BCUT2D eigenvalue weighted by Crippen LogP contribution is -2.28. The van der Waals surface area contributed by atoms with E-state index < -0.39 is 0 Å². The van der Waals surface area contributed by atoms with Gasteiger partial charge < -0.3 is 5.32 Å². The van der Waals surface area contributed by atoms with Crippen LogP contribution in [0.25, 0.3) is 10.2 Å². The number of alkyl halides is 1. The molecule has 3 rings (SSSR count). The molecule has 0 atom stereocenters. The Morgan fingerprint density at radius 1 is 1.37 bits per heavy atom. The van der Waals surface area contributed by atoms with E-state index >= 15 is 0 Å². The quantitative estimate of drug-likeness (QED) is 0.859. The van der Waals surface area contributed by atoms with E-state index in [2.05, 4.69) is 28.3 Å². The first-order chi connectivity index (χ1) is 9.22. The third-order valence-electron chi connectivity index (χ3n) is 4.03. The number of fused-ring (bicyclic) bond motifs is 1. The summed E-state index contributed by atoms with van der Waals surface area (Å²) in [6.45, 7) is 3.02. The summed E-state index contributed by atoms with van der Waals surface area (Å²) in [5, 5.41) is 4.64. The van der Waals surface area contributed by atoms with Crippen molar-refractivity contribution in [3.05, 3.63) is 17.3 Å². The van der Waals surface area contributed by atoms with Gasteiger partial charge in [-0.3, -0.25) is 0 Å². The Labute approximate surface area is 122 Å². The lowest BCUT2D eigenvalue weighted by Gasteiger charge is -2.26. The van der Waals surface area contributed by atoms with Crippen molar-refractivity contribution in [3.63, 3.8) is 0 Å². The molecule has 0 saturated heterocycles. The van der Waals surface area contributed by atoms with Crippen molar-refractivity contribution in [3.8, 4) is 0 Å². The van der Waals surface area contributed by atoms with Crippen molar-refractivity contribution < 1.29 is 0 Å². The fourth-order valence-electron chi connectivity index (χ4n) is 2.87. The Kier molecular flexibility index (Phi) is 3.63. The molecule has 0 aromatic carbocycles. The highest BCUT2D eigenvalue weighted by Crippen LogP contribution is 2.39. The van der Waals surface area contributed by atoms with E-state index in [4.69, 9.17) is 11.6 Å². The minimum atomic E-state index is 0.254. The minimum Gasteiger partial charge on any atom is -0.369 e. The van der Waals surface area contributed by atoms with Crippen LogP contribution in [0.3, 0.4) is 0 Å². The SMILES string of the molecule is Cc1cc2c(NCC3(CCl)CCCC3)ncnc2s1. The highest BCUT2D eigenvalue weighted by Gasteiger charge is 2.32. The highest BCUT2D eigenvalue weighted by molar-refractivity contribution is 7.18. The van der Waals surface area contributed by atoms with Crippen molar-refractivity contribution in [2.45, 2.75) is 32.6 Å². The normalized spacial score (nSPS) is 18.0. The van der Waals surface area contributed by atoms with Gasteiger partial charge in [0.2, 0.25) is 0 Å². The van der Waals surface area contributed by atoms with Crippen molar-refractivity contribution >= 4 is 39.0 Å². The first-order valence-electron chi connectivity index (χ1n) is 6.73. The molecule has 0 bridgehead atoms. The minimum absolute atomic E-state index is 0.254. The number of halogens is 1. The predicted molar refractivity (Wildman–Crippen MR) is 82.3 cm³/mol. The van der Waals surface area contributed by atoms with Gasteiger partial charge in [-0.15, -0.1) is 22.9 Å². The monoisotopic (exact) mass is 295 g/mol. The van der Waals surface area contributed by atoms with Gasteiger partial charge in [0.05, 0.1) is 5.39 Å². The number of anilines is 1. The maximum absolute atomic E-state index is 6.18. The number of hydrogen-bond donors (Lipinski definition) is 1. The molecule has 0 unspecified atom stereocenters. The molecule has 0 spiro atoms. The molecule has 2 heterocycles. The number of rotatable bonds is 4. The van der Waals surface area contributed by atoms with Crippen LogP contribution < -0.4 is 5.32 Å². The van der Waals surface area contributed by atoms with Gasteiger partial charge in [0, 0.05) is 22.7 Å². The zero-order valence-corrected chi connectivity index (χ0v) is 12.7. The molecule has 1 aliphatic rings. The summed E-state index contributed by atoms with van der Waals surface area (Å²) in [7, 11) is 0. The Morgan fingerprint density at radius 2 is 2.16 bits per heavy atom. The molecule has 0 amide bonds. The topological polar surface area (TPSA) is 37.8 Å². The second-order valence-corrected chi connectivity index (χ2v) is 6.99. The summed E-state index contributed by atoms with van der Waals surface area (Å²) in [5.41, 5.74) is 0.254. The van der Waals surface area contributed by atoms with E-state index in [-0.39, 0.29) is 5.41 Å². The van der Waals surface area contributed by atoms with Gasteiger partial charge in [0.25, 0.3) is 0 Å². The summed E-state index contributed by atoms with van der Waals surface area (Å²) < 4.78 is 0. The van der Waals surface area contributed by atoms with Crippen LogP contribution in [0, 0.1) is 12.3 Å². The summed E-state index contributed by atoms with van der Waals surface area (Å²) in [6.07, 6.45) is 6.68. The molecule has 0 aliphatic heterocycles. The van der Waals surface area contributed by atoms with E-state index in [0.29, 0.717) is 0 Å². The summed E-state index contributed by atoms with van der Waals surface area (Å²) >= 11 is 7.89. The molecule has 1 saturated carbocycles. The average Bonchev–Trinajstić information content (AvgIpc) is 3.02. The maximum Gasteiger partial charge on any atom is 0.138 e. The third-order valence-corrected chi connectivity index (χ3v) is 5.56. The number of aromatic nitrogens is 2.